The minimum absolute atomic E-state index is 0.108. The van der Waals surface area contributed by atoms with Crippen molar-refractivity contribution in [1.82, 2.24) is 0 Å². The fourth-order valence-electron chi connectivity index (χ4n) is 2.53. The maximum Gasteiger partial charge on any atom is 0.0750 e. The Labute approximate surface area is 110 Å². The van der Waals surface area contributed by atoms with E-state index in [4.69, 9.17) is 10.5 Å². The van der Waals surface area contributed by atoms with Crippen molar-refractivity contribution in [2.45, 2.75) is 38.8 Å². The van der Waals surface area contributed by atoms with Crippen molar-refractivity contribution >= 4 is 5.69 Å². The predicted octanol–water partition coefficient (Wildman–Crippen LogP) is 2.71. The molecule has 1 aromatic carbocycles. The summed E-state index contributed by atoms with van der Waals surface area (Å²) in [6.07, 6.45) is 2.78. The van der Waals surface area contributed by atoms with Gasteiger partial charge in [-0.3, -0.25) is 0 Å². The summed E-state index contributed by atoms with van der Waals surface area (Å²) < 4.78 is 5.73. The van der Waals surface area contributed by atoms with Gasteiger partial charge in [-0.1, -0.05) is 12.1 Å². The number of rotatable bonds is 4. The molecule has 0 aliphatic carbocycles. The lowest BCUT2D eigenvalue weighted by Crippen LogP contribution is -2.39. The highest BCUT2D eigenvalue weighted by Gasteiger charge is 2.20. The quantitative estimate of drug-likeness (QED) is 0.890. The van der Waals surface area contributed by atoms with Gasteiger partial charge in [0.1, 0.15) is 0 Å². The molecule has 100 valence electrons. The molecule has 0 saturated carbocycles. The second-order valence-corrected chi connectivity index (χ2v) is 5.05. The Bertz CT molecular complexity index is 359. The van der Waals surface area contributed by atoms with Gasteiger partial charge >= 0.3 is 0 Å². The Morgan fingerprint density at radius 3 is 2.72 bits per heavy atom. The first-order valence-corrected chi connectivity index (χ1v) is 6.92. The topological polar surface area (TPSA) is 38.5 Å². The van der Waals surface area contributed by atoms with Crippen LogP contribution in [0, 0.1) is 0 Å². The van der Waals surface area contributed by atoms with Crippen LogP contribution in [-0.4, -0.2) is 25.8 Å². The van der Waals surface area contributed by atoms with E-state index in [1.807, 2.05) is 6.92 Å². The minimum Gasteiger partial charge on any atom is -0.377 e. The van der Waals surface area contributed by atoms with Crippen LogP contribution in [0.5, 0.6) is 0 Å². The molecule has 1 aliphatic heterocycles. The third kappa shape index (κ3) is 3.24. The summed E-state index contributed by atoms with van der Waals surface area (Å²) in [6, 6.07) is 8.71. The van der Waals surface area contributed by atoms with Gasteiger partial charge in [-0.15, -0.1) is 0 Å². The zero-order chi connectivity index (χ0) is 13.0. The normalized spacial score (nSPS) is 21.9. The summed E-state index contributed by atoms with van der Waals surface area (Å²) in [5.41, 5.74) is 8.34. The summed E-state index contributed by atoms with van der Waals surface area (Å²) in [5, 5.41) is 0. The second-order valence-electron chi connectivity index (χ2n) is 5.05. The summed E-state index contributed by atoms with van der Waals surface area (Å²) in [7, 11) is 0. The van der Waals surface area contributed by atoms with E-state index in [2.05, 4.69) is 36.1 Å². The monoisotopic (exact) mass is 248 g/mol. The molecule has 1 unspecified atom stereocenters. The Morgan fingerprint density at radius 2 is 2.11 bits per heavy atom. The number of hydrogen-bond donors (Lipinski definition) is 1. The molecule has 0 radical (unpaired) electrons. The average Bonchev–Trinajstić information content (AvgIpc) is 2.39. The molecule has 1 aromatic rings. The molecular weight excluding hydrogens is 224 g/mol. The third-order valence-corrected chi connectivity index (χ3v) is 3.56. The van der Waals surface area contributed by atoms with E-state index >= 15 is 0 Å². The molecule has 0 spiro atoms. The fraction of sp³-hybridized carbons (Fsp3) is 0.600. The molecule has 1 aliphatic rings. The Hall–Kier alpha value is -1.06. The van der Waals surface area contributed by atoms with Gasteiger partial charge in [0.2, 0.25) is 0 Å². The van der Waals surface area contributed by atoms with Crippen molar-refractivity contribution in [3.63, 3.8) is 0 Å². The molecule has 0 bridgehead atoms. The largest absolute Gasteiger partial charge is 0.377 e. The van der Waals surface area contributed by atoms with Crippen LogP contribution in [0.3, 0.4) is 0 Å². The molecular formula is C15H24N2O. The number of hydrogen-bond acceptors (Lipinski definition) is 3. The Balaban J connectivity index is 2.02. The van der Waals surface area contributed by atoms with Crippen LogP contribution in [-0.2, 0) is 4.74 Å². The molecule has 1 saturated heterocycles. The molecule has 2 atom stereocenters. The molecule has 0 aromatic heterocycles. The van der Waals surface area contributed by atoms with Crippen molar-refractivity contribution in [2.24, 2.45) is 5.73 Å². The SMILES string of the molecule is CCOC1CCCN(c2ccc([C@H](C)N)cc2)C1. The van der Waals surface area contributed by atoms with Crippen molar-refractivity contribution in [1.29, 1.82) is 0 Å². The Kier molecular flexibility index (Phi) is 4.61. The van der Waals surface area contributed by atoms with Gasteiger partial charge < -0.3 is 15.4 Å². The number of benzene rings is 1. The highest BCUT2D eigenvalue weighted by molar-refractivity contribution is 5.48. The van der Waals surface area contributed by atoms with Gasteiger partial charge in [-0.05, 0) is 44.4 Å². The number of anilines is 1. The molecule has 2 N–H and O–H groups in total. The van der Waals surface area contributed by atoms with Gasteiger partial charge in [0, 0.05) is 31.4 Å². The summed E-state index contributed by atoms with van der Waals surface area (Å²) in [4.78, 5) is 2.41. The summed E-state index contributed by atoms with van der Waals surface area (Å²) in [6.45, 7) is 7.02. The minimum atomic E-state index is 0.108. The highest BCUT2D eigenvalue weighted by Crippen LogP contribution is 2.23. The third-order valence-electron chi connectivity index (χ3n) is 3.56. The molecule has 3 nitrogen and oxygen atoms in total. The lowest BCUT2D eigenvalue weighted by atomic mass is 10.1. The standard InChI is InChI=1S/C15H24N2O/c1-3-18-15-5-4-10-17(11-15)14-8-6-13(7-9-14)12(2)16/h6-9,12,15H,3-5,10-11,16H2,1-2H3/t12-,15?/m0/s1. The van der Waals surface area contributed by atoms with E-state index in [-0.39, 0.29) is 6.04 Å². The zero-order valence-corrected chi connectivity index (χ0v) is 11.4. The molecule has 2 rings (SSSR count). The molecule has 18 heavy (non-hydrogen) atoms. The van der Waals surface area contributed by atoms with Crippen LogP contribution in [0.2, 0.25) is 0 Å². The number of ether oxygens (including phenoxy) is 1. The fourth-order valence-corrected chi connectivity index (χ4v) is 2.53. The second kappa shape index (κ2) is 6.21. The van der Waals surface area contributed by atoms with Crippen LogP contribution < -0.4 is 10.6 Å². The number of nitrogens with two attached hydrogens (primary N) is 1. The van der Waals surface area contributed by atoms with Crippen molar-refractivity contribution < 1.29 is 4.74 Å². The van der Waals surface area contributed by atoms with E-state index in [1.54, 1.807) is 0 Å². The van der Waals surface area contributed by atoms with Gasteiger partial charge in [0.25, 0.3) is 0 Å². The lowest BCUT2D eigenvalue weighted by molar-refractivity contribution is 0.0527. The van der Waals surface area contributed by atoms with Crippen LogP contribution >= 0.6 is 0 Å². The molecule has 0 amide bonds. The molecule has 1 fully saturated rings. The zero-order valence-electron chi connectivity index (χ0n) is 11.4. The summed E-state index contributed by atoms with van der Waals surface area (Å²) in [5.74, 6) is 0. The maximum atomic E-state index is 5.87. The van der Waals surface area contributed by atoms with E-state index in [1.165, 1.54) is 24.1 Å². The highest BCUT2D eigenvalue weighted by atomic mass is 16.5. The van der Waals surface area contributed by atoms with Crippen LogP contribution in [0.1, 0.15) is 38.3 Å². The van der Waals surface area contributed by atoms with Gasteiger partial charge in [0.05, 0.1) is 6.10 Å². The van der Waals surface area contributed by atoms with Crippen molar-refractivity contribution in [2.75, 3.05) is 24.6 Å². The van der Waals surface area contributed by atoms with E-state index in [0.29, 0.717) is 6.10 Å². The first kappa shape index (κ1) is 13.4. The first-order valence-electron chi connectivity index (χ1n) is 6.92. The smallest absolute Gasteiger partial charge is 0.0750 e. The van der Waals surface area contributed by atoms with Gasteiger partial charge in [0.15, 0.2) is 0 Å². The maximum absolute atomic E-state index is 5.87. The lowest BCUT2D eigenvalue weighted by Gasteiger charge is -2.34. The van der Waals surface area contributed by atoms with Gasteiger partial charge in [-0.2, -0.15) is 0 Å². The van der Waals surface area contributed by atoms with Gasteiger partial charge in [-0.25, -0.2) is 0 Å². The van der Waals surface area contributed by atoms with E-state index in [0.717, 1.165) is 19.7 Å². The average molecular weight is 248 g/mol. The number of nitrogens with zero attached hydrogens (tertiary/aromatic N) is 1. The van der Waals surface area contributed by atoms with Crippen LogP contribution in [0.4, 0.5) is 5.69 Å². The van der Waals surface area contributed by atoms with Crippen molar-refractivity contribution in [3.05, 3.63) is 29.8 Å². The van der Waals surface area contributed by atoms with Crippen molar-refractivity contribution in [3.8, 4) is 0 Å². The van der Waals surface area contributed by atoms with Crippen LogP contribution in [0.15, 0.2) is 24.3 Å². The first-order chi connectivity index (χ1) is 8.70. The molecule has 1 heterocycles. The van der Waals surface area contributed by atoms with E-state index in [9.17, 15) is 0 Å². The molecule has 3 heteroatoms. The summed E-state index contributed by atoms with van der Waals surface area (Å²) >= 11 is 0. The number of piperidine rings is 1. The predicted molar refractivity (Wildman–Crippen MR) is 75.9 cm³/mol. The Morgan fingerprint density at radius 1 is 1.39 bits per heavy atom. The van der Waals surface area contributed by atoms with Crippen LogP contribution in [0.25, 0.3) is 0 Å². The van der Waals surface area contributed by atoms with E-state index < -0.39 is 0 Å².